The largest absolute Gasteiger partial charge is 0.392 e. The molecule has 0 bridgehead atoms. The lowest BCUT2D eigenvalue weighted by Crippen LogP contribution is -2.48. The van der Waals surface area contributed by atoms with Crippen molar-refractivity contribution < 1.29 is 28.9 Å². The number of carbonyl (C=O) groups excluding carboxylic acids is 2. The molecule has 3 rings (SSSR count). The van der Waals surface area contributed by atoms with Crippen LogP contribution in [-0.4, -0.2) is 56.8 Å². The average Bonchev–Trinajstić information content (AvgIpc) is 3.51. The molecule has 38 heavy (non-hydrogen) atoms. The first-order valence-corrected chi connectivity index (χ1v) is 13.7. The maximum atomic E-state index is 15.4. The van der Waals surface area contributed by atoms with E-state index in [1.807, 2.05) is 13.8 Å². The van der Waals surface area contributed by atoms with Crippen LogP contribution in [0, 0.1) is 17.3 Å². The Morgan fingerprint density at radius 2 is 2.03 bits per heavy atom. The first-order chi connectivity index (χ1) is 17.9. The number of hydrogen-bond acceptors (Lipinski definition) is 6. The fraction of sp³-hybridized carbons (Fsp3) is 0.633. The molecule has 2 saturated heterocycles. The zero-order chi connectivity index (χ0) is 28.1. The van der Waals surface area contributed by atoms with Crippen molar-refractivity contribution >= 4 is 17.8 Å². The van der Waals surface area contributed by atoms with Crippen molar-refractivity contribution in [3.63, 3.8) is 0 Å². The van der Waals surface area contributed by atoms with Gasteiger partial charge in [-0.3, -0.25) is 14.6 Å². The summed E-state index contributed by atoms with van der Waals surface area (Å²) in [5.41, 5.74) is -1.32. The Morgan fingerprint density at radius 3 is 2.68 bits per heavy atom. The number of aromatic nitrogens is 1. The minimum Gasteiger partial charge on any atom is -0.392 e. The molecular weight excluding hydrogens is 487 g/mol. The van der Waals surface area contributed by atoms with Crippen LogP contribution in [0.2, 0.25) is 0 Å². The number of ketones is 1. The Morgan fingerprint density at radius 1 is 1.29 bits per heavy atom. The molecule has 0 aromatic carbocycles. The molecule has 3 heterocycles. The van der Waals surface area contributed by atoms with Gasteiger partial charge < -0.3 is 20.3 Å². The first kappa shape index (κ1) is 30.1. The summed E-state index contributed by atoms with van der Waals surface area (Å²) in [7, 11) is 0. The van der Waals surface area contributed by atoms with E-state index in [9.17, 15) is 19.8 Å². The van der Waals surface area contributed by atoms with Crippen molar-refractivity contribution in [1.82, 2.24) is 10.3 Å². The minimum atomic E-state index is -1.32. The second-order valence-corrected chi connectivity index (χ2v) is 11.7. The molecule has 3 N–H and O–H groups in total. The van der Waals surface area contributed by atoms with Gasteiger partial charge in [0.05, 0.1) is 47.5 Å². The van der Waals surface area contributed by atoms with Crippen LogP contribution in [-0.2, 0) is 14.3 Å². The molecule has 7 nitrogen and oxygen atoms in total. The van der Waals surface area contributed by atoms with Crippen LogP contribution in [0.5, 0.6) is 0 Å². The van der Waals surface area contributed by atoms with E-state index in [4.69, 9.17) is 4.74 Å². The lowest BCUT2D eigenvalue weighted by atomic mass is 9.71. The van der Waals surface area contributed by atoms with E-state index in [1.165, 1.54) is 6.08 Å². The summed E-state index contributed by atoms with van der Waals surface area (Å²) in [5.74, 6) is -2.26. The van der Waals surface area contributed by atoms with Gasteiger partial charge in [-0.05, 0) is 56.7 Å². The molecule has 2 fully saturated rings. The topological polar surface area (TPSA) is 112 Å². The molecule has 2 aliphatic heterocycles. The summed E-state index contributed by atoms with van der Waals surface area (Å²) in [6.45, 7) is 10.8. The number of ether oxygens (including phenoxy) is 1. The fourth-order valence-electron chi connectivity index (χ4n) is 5.39. The smallest absolute Gasteiger partial charge is 0.223 e. The maximum Gasteiger partial charge on any atom is 0.223 e. The van der Waals surface area contributed by atoms with E-state index in [-0.39, 0.29) is 30.6 Å². The van der Waals surface area contributed by atoms with Crippen LogP contribution in [0.4, 0.5) is 4.39 Å². The third kappa shape index (κ3) is 7.36. The van der Waals surface area contributed by atoms with E-state index >= 15 is 4.39 Å². The molecule has 0 radical (unpaired) electrons. The van der Waals surface area contributed by atoms with Gasteiger partial charge in [0.1, 0.15) is 11.6 Å². The Hall–Kier alpha value is -2.42. The third-order valence-electron chi connectivity index (χ3n) is 8.32. The highest BCUT2D eigenvalue weighted by Crippen LogP contribution is 2.44. The van der Waals surface area contributed by atoms with Gasteiger partial charge in [-0.25, -0.2) is 4.39 Å². The van der Waals surface area contributed by atoms with Crippen LogP contribution >= 0.6 is 0 Å². The molecule has 7 atom stereocenters. The van der Waals surface area contributed by atoms with Gasteiger partial charge in [-0.2, -0.15) is 0 Å². The lowest BCUT2D eigenvalue weighted by molar-refractivity contribution is -0.144. The zero-order valence-electron chi connectivity index (χ0n) is 23.0. The number of hydrogen-bond donors (Lipinski definition) is 3. The van der Waals surface area contributed by atoms with Crippen LogP contribution in [0.25, 0.3) is 6.08 Å². The number of pyridine rings is 1. The molecular formula is C30H43FN2O5. The van der Waals surface area contributed by atoms with Crippen molar-refractivity contribution in [2.75, 3.05) is 0 Å². The van der Waals surface area contributed by atoms with Gasteiger partial charge in [-0.15, -0.1) is 6.58 Å². The Kier molecular flexibility index (Phi) is 10.0. The van der Waals surface area contributed by atoms with Crippen molar-refractivity contribution in [1.29, 1.82) is 0 Å². The number of carbonyl (C=O) groups is 2. The molecule has 0 spiro atoms. The van der Waals surface area contributed by atoms with Gasteiger partial charge in [-0.1, -0.05) is 39.3 Å². The van der Waals surface area contributed by atoms with Crippen LogP contribution in [0.3, 0.4) is 0 Å². The zero-order valence-corrected chi connectivity index (χ0v) is 23.0. The molecule has 1 aromatic heterocycles. The number of allylic oxidation sites excluding steroid dienone is 1. The SMILES string of the molecule is C=CCCC1C(=O)C(C)(C)C(O)CC(=O)NC(C(F)=Cc2ccccn2)CC2OC2(C)CCCC(C)C1O. The molecule has 7 unspecified atom stereocenters. The molecule has 2 aliphatic rings. The van der Waals surface area contributed by atoms with Crippen LogP contribution in [0.1, 0.15) is 78.3 Å². The van der Waals surface area contributed by atoms with E-state index in [0.717, 1.165) is 12.8 Å². The summed E-state index contributed by atoms with van der Waals surface area (Å²) in [6.07, 6.45) is 5.11. The van der Waals surface area contributed by atoms with Crippen LogP contribution in [0.15, 0.2) is 42.9 Å². The fourth-order valence-corrected chi connectivity index (χ4v) is 5.39. The number of amides is 1. The molecule has 1 aromatic rings. The molecule has 0 aliphatic carbocycles. The summed E-state index contributed by atoms with van der Waals surface area (Å²) in [4.78, 5) is 30.8. The summed E-state index contributed by atoms with van der Waals surface area (Å²) in [6, 6.07) is 4.20. The minimum absolute atomic E-state index is 0.148. The van der Waals surface area contributed by atoms with E-state index in [0.29, 0.717) is 25.0 Å². The monoisotopic (exact) mass is 530 g/mol. The summed E-state index contributed by atoms with van der Waals surface area (Å²) >= 11 is 0. The van der Waals surface area contributed by atoms with Crippen molar-refractivity contribution in [3.8, 4) is 0 Å². The summed E-state index contributed by atoms with van der Waals surface area (Å²) < 4.78 is 21.4. The molecule has 1 amide bonds. The number of nitrogens with zero attached hydrogens (tertiary/aromatic N) is 1. The number of aliphatic hydroxyl groups is 2. The Labute approximate surface area is 225 Å². The van der Waals surface area contributed by atoms with Crippen molar-refractivity contribution in [2.24, 2.45) is 17.3 Å². The number of rotatable bonds is 5. The van der Waals surface area contributed by atoms with Gasteiger partial charge in [0.2, 0.25) is 5.91 Å². The predicted octanol–water partition coefficient (Wildman–Crippen LogP) is 4.53. The maximum absolute atomic E-state index is 15.4. The van der Waals surface area contributed by atoms with Gasteiger partial charge in [0.15, 0.2) is 0 Å². The number of Topliss-reactive ketones (excluding diaryl/α,β-unsaturated/α-hetero) is 1. The predicted molar refractivity (Wildman–Crippen MR) is 145 cm³/mol. The molecule has 8 heteroatoms. The highest BCUT2D eigenvalue weighted by Gasteiger charge is 2.53. The van der Waals surface area contributed by atoms with Gasteiger partial charge >= 0.3 is 0 Å². The van der Waals surface area contributed by atoms with Gasteiger partial charge in [0, 0.05) is 18.5 Å². The van der Waals surface area contributed by atoms with Crippen molar-refractivity contribution in [2.45, 2.75) is 103 Å². The van der Waals surface area contributed by atoms with Crippen molar-refractivity contribution in [3.05, 3.63) is 48.6 Å². The second kappa shape index (κ2) is 12.6. The van der Waals surface area contributed by atoms with Gasteiger partial charge in [0.25, 0.3) is 0 Å². The average molecular weight is 531 g/mol. The number of halogens is 1. The highest BCUT2D eigenvalue weighted by molar-refractivity contribution is 5.88. The molecule has 210 valence electrons. The highest BCUT2D eigenvalue weighted by atomic mass is 19.1. The third-order valence-corrected chi connectivity index (χ3v) is 8.32. The summed E-state index contributed by atoms with van der Waals surface area (Å²) in [5, 5.41) is 24.9. The standard InChI is InChI=1S/C30H43FN2O5/c1-6-7-13-21-27(36)19(2)11-10-14-30(5)25(38-30)17-23(22(31)16-20-12-8-9-15-32-20)33-26(35)18-24(34)29(3,4)28(21)37/h6,8-9,12,15-16,19,21,23-25,27,34,36H,1,7,10-11,13-14,17-18H2,2-5H3,(H,33,35). The normalized spacial score (nSPS) is 35.2. The Bertz CT molecular complexity index is 1010. The van der Waals surface area contributed by atoms with E-state index in [2.05, 4.69) is 16.9 Å². The number of nitrogens with one attached hydrogen (secondary N) is 1. The second-order valence-electron chi connectivity index (χ2n) is 11.7. The van der Waals surface area contributed by atoms with E-state index < -0.39 is 46.9 Å². The number of epoxide rings is 1. The lowest BCUT2D eigenvalue weighted by Gasteiger charge is -2.36. The Balaban J connectivity index is 1.88. The quantitative estimate of drug-likeness (QED) is 0.381. The van der Waals surface area contributed by atoms with Crippen LogP contribution < -0.4 is 5.32 Å². The first-order valence-electron chi connectivity index (χ1n) is 13.7. The van der Waals surface area contributed by atoms with E-state index in [1.54, 1.807) is 44.3 Å². The molecule has 0 saturated carbocycles. The number of fused-ring (bicyclic) bond motifs is 1. The number of aliphatic hydroxyl groups excluding tert-OH is 2.